The molecule has 2 aromatic rings. The Kier molecular flexibility index (Phi) is 5.33. The fourth-order valence-corrected chi connectivity index (χ4v) is 2.43. The van der Waals surface area contributed by atoms with Crippen LogP contribution in [0.1, 0.15) is 37.2 Å². The molecule has 0 saturated heterocycles. The van der Waals surface area contributed by atoms with Crippen LogP contribution in [0.5, 0.6) is 0 Å². The summed E-state index contributed by atoms with van der Waals surface area (Å²) >= 11 is 0. The first-order valence-electron chi connectivity index (χ1n) is 7.75. The topological polar surface area (TPSA) is 84.2 Å². The zero-order chi connectivity index (χ0) is 17.7. The number of para-hydroxylation sites is 1. The number of carboxylic acid groups (broad SMARTS) is 1. The second kappa shape index (κ2) is 7.25. The molecule has 6 nitrogen and oxygen atoms in total. The van der Waals surface area contributed by atoms with Crippen molar-refractivity contribution in [3.05, 3.63) is 48.0 Å². The maximum absolute atomic E-state index is 13.7. The highest BCUT2D eigenvalue weighted by Gasteiger charge is 2.35. The van der Waals surface area contributed by atoms with Gasteiger partial charge in [0.15, 0.2) is 5.69 Å². The molecule has 128 valence electrons. The molecule has 0 radical (unpaired) electrons. The molecule has 0 aliphatic rings. The summed E-state index contributed by atoms with van der Waals surface area (Å²) in [7, 11) is 0. The minimum Gasteiger partial charge on any atom is -0.481 e. The maximum Gasteiger partial charge on any atom is 0.311 e. The lowest BCUT2D eigenvalue weighted by Gasteiger charge is -2.26. The minimum absolute atomic E-state index is 0.0146. The third-order valence-corrected chi connectivity index (χ3v) is 4.32. The fraction of sp³-hybridized carbons (Fsp3) is 0.353. The largest absolute Gasteiger partial charge is 0.481 e. The van der Waals surface area contributed by atoms with E-state index < -0.39 is 23.1 Å². The highest BCUT2D eigenvalue weighted by Crippen LogP contribution is 2.25. The first-order valence-corrected chi connectivity index (χ1v) is 7.75. The van der Waals surface area contributed by atoms with Crippen molar-refractivity contribution in [1.29, 1.82) is 0 Å². The lowest BCUT2D eigenvalue weighted by Crippen LogP contribution is -2.42. The van der Waals surface area contributed by atoms with E-state index in [1.807, 2.05) is 0 Å². The molecule has 0 saturated carbocycles. The summed E-state index contributed by atoms with van der Waals surface area (Å²) in [6, 6.07) is 7.55. The fourth-order valence-electron chi connectivity index (χ4n) is 2.43. The first-order chi connectivity index (χ1) is 11.4. The summed E-state index contributed by atoms with van der Waals surface area (Å²) in [5.74, 6) is -1.88. The molecule has 0 unspecified atom stereocenters. The molecule has 24 heavy (non-hydrogen) atoms. The van der Waals surface area contributed by atoms with E-state index >= 15 is 0 Å². The lowest BCUT2D eigenvalue weighted by atomic mass is 9.82. The molecule has 0 aliphatic carbocycles. The van der Waals surface area contributed by atoms with Gasteiger partial charge in [0, 0.05) is 12.7 Å². The van der Waals surface area contributed by atoms with Crippen LogP contribution in [0.2, 0.25) is 0 Å². The number of halogens is 1. The van der Waals surface area contributed by atoms with Crippen LogP contribution in [0.15, 0.2) is 36.5 Å². The van der Waals surface area contributed by atoms with Crippen LogP contribution in [-0.2, 0) is 4.79 Å². The van der Waals surface area contributed by atoms with Crippen LogP contribution in [0.3, 0.4) is 0 Å². The third kappa shape index (κ3) is 3.45. The lowest BCUT2D eigenvalue weighted by molar-refractivity contribution is -0.149. The second-order valence-electron chi connectivity index (χ2n) is 5.57. The van der Waals surface area contributed by atoms with Crippen molar-refractivity contribution in [3.63, 3.8) is 0 Å². The summed E-state index contributed by atoms with van der Waals surface area (Å²) in [6.07, 6.45) is 2.29. The van der Waals surface area contributed by atoms with Crippen LogP contribution in [0.4, 0.5) is 4.39 Å². The quantitative estimate of drug-likeness (QED) is 0.816. The van der Waals surface area contributed by atoms with E-state index in [4.69, 9.17) is 0 Å². The molecule has 1 aromatic carbocycles. The smallest absolute Gasteiger partial charge is 0.311 e. The van der Waals surface area contributed by atoms with E-state index in [1.165, 1.54) is 23.0 Å². The van der Waals surface area contributed by atoms with Crippen LogP contribution < -0.4 is 5.32 Å². The Morgan fingerprint density at radius 2 is 1.92 bits per heavy atom. The monoisotopic (exact) mass is 333 g/mol. The van der Waals surface area contributed by atoms with E-state index in [1.54, 1.807) is 32.0 Å². The van der Waals surface area contributed by atoms with Crippen molar-refractivity contribution in [2.24, 2.45) is 5.41 Å². The van der Waals surface area contributed by atoms with Gasteiger partial charge in [-0.15, -0.1) is 0 Å². The number of aliphatic carboxylic acids is 1. The van der Waals surface area contributed by atoms with Gasteiger partial charge in [-0.2, -0.15) is 5.10 Å². The number of nitrogens with one attached hydrogen (secondary N) is 1. The van der Waals surface area contributed by atoms with Gasteiger partial charge in [0.05, 0.1) is 5.41 Å². The Balaban J connectivity index is 2.12. The van der Waals surface area contributed by atoms with Gasteiger partial charge in [0.1, 0.15) is 11.5 Å². The third-order valence-electron chi connectivity index (χ3n) is 4.32. The summed E-state index contributed by atoms with van der Waals surface area (Å²) < 4.78 is 15.0. The van der Waals surface area contributed by atoms with E-state index in [0.717, 1.165) is 0 Å². The molecule has 1 heterocycles. The zero-order valence-corrected chi connectivity index (χ0v) is 13.6. The highest BCUT2D eigenvalue weighted by atomic mass is 19.1. The van der Waals surface area contributed by atoms with Gasteiger partial charge in [0.2, 0.25) is 0 Å². The van der Waals surface area contributed by atoms with Crippen molar-refractivity contribution in [2.75, 3.05) is 6.54 Å². The molecular weight excluding hydrogens is 313 g/mol. The van der Waals surface area contributed by atoms with E-state index in [-0.39, 0.29) is 17.9 Å². The van der Waals surface area contributed by atoms with Crippen LogP contribution in [0.25, 0.3) is 5.69 Å². The Morgan fingerprint density at radius 1 is 1.25 bits per heavy atom. The van der Waals surface area contributed by atoms with E-state index in [2.05, 4.69) is 10.4 Å². The van der Waals surface area contributed by atoms with Gasteiger partial charge in [-0.1, -0.05) is 26.0 Å². The standard InChI is InChI=1S/C17H20FN3O3/c1-3-17(4-2,16(23)24)11-19-15(22)13-9-10-21(20-13)14-8-6-5-7-12(14)18/h5-10H,3-4,11H2,1-2H3,(H,19,22)(H,23,24). The molecular formula is C17H20FN3O3. The molecule has 0 atom stereocenters. The highest BCUT2D eigenvalue weighted by molar-refractivity contribution is 5.92. The molecule has 1 aromatic heterocycles. The average Bonchev–Trinajstić information content (AvgIpc) is 3.06. The molecule has 1 amide bonds. The number of nitrogens with zero attached hydrogens (tertiary/aromatic N) is 2. The van der Waals surface area contributed by atoms with E-state index in [9.17, 15) is 19.1 Å². The normalized spacial score (nSPS) is 11.3. The predicted molar refractivity (Wildman–Crippen MR) is 86.5 cm³/mol. The van der Waals surface area contributed by atoms with Gasteiger partial charge in [0.25, 0.3) is 5.91 Å². The average molecular weight is 333 g/mol. The Labute approximate surface area is 139 Å². The van der Waals surface area contributed by atoms with E-state index in [0.29, 0.717) is 12.8 Å². The van der Waals surface area contributed by atoms with Crippen molar-refractivity contribution < 1.29 is 19.1 Å². The summed E-state index contributed by atoms with van der Waals surface area (Å²) in [5, 5.41) is 16.0. The van der Waals surface area contributed by atoms with Crippen molar-refractivity contribution in [1.82, 2.24) is 15.1 Å². The first kappa shape index (κ1) is 17.7. The SMILES string of the molecule is CCC(CC)(CNC(=O)c1ccn(-c2ccccc2F)n1)C(=O)O. The number of rotatable bonds is 7. The van der Waals surface area contributed by atoms with Crippen LogP contribution >= 0.6 is 0 Å². The van der Waals surface area contributed by atoms with Crippen molar-refractivity contribution >= 4 is 11.9 Å². The van der Waals surface area contributed by atoms with Gasteiger partial charge >= 0.3 is 5.97 Å². The zero-order valence-electron chi connectivity index (χ0n) is 13.6. The summed E-state index contributed by atoms with van der Waals surface area (Å²) in [5.41, 5.74) is -0.660. The number of carboxylic acids is 1. The Morgan fingerprint density at radius 3 is 2.50 bits per heavy atom. The van der Waals surface area contributed by atoms with Crippen molar-refractivity contribution in [3.8, 4) is 5.69 Å². The molecule has 2 N–H and O–H groups in total. The predicted octanol–water partition coefficient (Wildman–Crippen LogP) is 2.63. The number of carbonyl (C=O) groups excluding carboxylic acids is 1. The number of aromatic nitrogens is 2. The van der Waals surface area contributed by atoms with Crippen molar-refractivity contribution in [2.45, 2.75) is 26.7 Å². The second-order valence-corrected chi connectivity index (χ2v) is 5.57. The molecule has 7 heteroatoms. The number of benzene rings is 1. The van der Waals surface area contributed by atoms with Gasteiger partial charge in [-0.3, -0.25) is 9.59 Å². The molecule has 0 fully saturated rings. The van der Waals surface area contributed by atoms with Gasteiger partial charge < -0.3 is 10.4 Å². The molecule has 0 aliphatic heterocycles. The number of amides is 1. The Bertz CT molecular complexity index is 738. The number of hydrogen-bond acceptors (Lipinski definition) is 3. The maximum atomic E-state index is 13.7. The van der Waals surface area contributed by atoms with Crippen LogP contribution in [0, 0.1) is 11.2 Å². The molecule has 0 bridgehead atoms. The summed E-state index contributed by atoms with van der Waals surface area (Å²) in [6.45, 7) is 3.56. The summed E-state index contributed by atoms with van der Waals surface area (Å²) in [4.78, 5) is 23.6. The minimum atomic E-state index is -0.996. The molecule has 2 rings (SSSR count). The Hall–Kier alpha value is -2.70. The van der Waals surface area contributed by atoms with Gasteiger partial charge in [-0.25, -0.2) is 9.07 Å². The molecule has 0 spiro atoms. The van der Waals surface area contributed by atoms with Crippen LogP contribution in [-0.4, -0.2) is 33.3 Å². The van der Waals surface area contributed by atoms with Gasteiger partial charge in [-0.05, 0) is 31.0 Å². The number of carbonyl (C=O) groups is 2. The number of hydrogen-bond donors (Lipinski definition) is 2.